The number of hydrogen-bond donors (Lipinski definition) is 2. The number of hydrogen-bond acceptors (Lipinski definition) is 5. The Kier molecular flexibility index (Phi) is 6.76. The van der Waals surface area contributed by atoms with E-state index in [9.17, 15) is 18.0 Å². The summed E-state index contributed by atoms with van der Waals surface area (Å²) in [5.74, 6) is -0.364. The molecule has 10 heteroatoms. The first kappa shape index (κ1) is 19.9. The normalized spacial score (nSPS) is 11.3. The SMILES string of the molecule is COCCCNC(=O)c1ccc(Nc2ccc(Cl)cc2C(F)(F)F)nn1. The first-order chi connectivity index (χ1) is 12.3. The van der Waals surface area contributed by atoms with Crippen LogP contribution in [0.2, 0.25) is 5.02 Å². The van der Waals surface area contributed by atoms with Crippen LogP contribution in [0.4, 0.5) is 24.7 Å². The summed E-state index contributed by atoms with van der Waals surface area (Å²) >= 11 is 5.63. The number of amides is 1. The molecule has 0 aliphatic heterocycles. The third-order valence-electron chi connectivity index (χ3n) is 3.26. The molecule has 0 spiro atoms. The molecule has 0 aliphatic carbocycles. The van der Waals surface area contributed by atoms with E-state index in [1.165, 1.54) is 24.3 Å². The van der Waals surface area contributed by atoms with Crippen molar-refractivity contribution < 1.29 is 22.7 Å². The smallest absolute Gasteiger partial charge is 0.385 e. The maximum absolute atomic E-state index is 13.1. The average Bonchev–Trinajstić information content (AvgIpc) is 2.60. The summed E-state index contributed by atoms with van der Waals surface area (Å²) in [5, 5.41) is 12.6. The third-order valence-corrected chi connectivity index (χ3v) is 3.49. The van der Waals surface area contributed by atoms with E-state index in [1.54, 1.807) is 7.11 Å². The second-order valence-electron chi connectivity index (χ2n) is 5.22. The van der Waals surface area contributed by atoms with Gasteiger partial charge in [-0.3, -0.25) is 4.79 Å². The maximum atomic E-state index is 13.1. The highest BCUT2D eigenvalue weighted by atomic mass is 35.5. The van der Waals surface area contributed by atoms with Crippen molar-refractivity contribution in [1.29, 1.82) is 0 Å². The Balaban J connectivity index is 2.07. The Morgan fingerprint density at radius 1 is 1.23 bits per heavy atom. The monoisotopic (exact) mass is 388 g/mol. The number of alkyl halides is 3. The van der Waals surface area contributed by atoms with E-state index in [2.05, 4.69) is 20.8 Å². The molecule has 1 amide bonds. The van der Waals surface area contributed by atoms with Crippen LogP contribution >= 0.6 is 11.6 Å². The fourth-order valence-electron chi connectivity index (χ4n) is 2.03. The van der Waals surface area contributed by atoms with E-state index >= 15 is 0 Å². The van der Waals surface area contributed by atoms with Gasteiger partial charge in [-0.25, -0.2) is 0 Å². The number of benzene rings is 1. The third kappa shape index (κ3) is 5.57. The number of halogens is 4. The minimum Gasteiger partial charge on any atom is -0.385 e. The zero-order valence-corrected chi connectivity index (χ0v) is 14.5. The highest BCUT2D eigenvalue weighted by Gasteiger charge is 2.34. The van der Waals surface area contributed by atoms with Crippen LogP contribution in [-0.4, -0.2) is 36.4 Å². The molecule has 0 fully saturated rings. The standard InChI is InChI=1S/C16H16ClF3N4O2/c1-26-8-2-7-21-15(25)13-5-6-14(24-23-13)22-12-4-3-10(17)9-11(12)16(18,19)20/h3-6,9H,2,7-8H2,1H3,(H,21,25)(H,22,24). The summed E-state index contributed by atoms with van der Waals surface area (Å²) in [4.78, 5) is 11.9. The van der Waals surface area contributed by atoms with E-state index in [0.29, 0.717) is 19.6 Å². The van der Waals surface area contributed by atoms with Gasteiger partial charge in [0.2, 0.25) is 0 Å². The van der Waals surface area contributed by atoms with Gasteiger partial charge in [-0.15, -0.1) is 10.2 Å². The van der Waals surface area contributed by atoms with Crippen LogP contribution in [0.1, 0.15) is 22.5 Å². The van der Waals surface area contributed by atoms with Crippen molar-refractivity contribution in [2.45, 2.75) is 12.6 Å². The highest BCUT2D eigenvalue weighted by Crippen LogP contribution is 2.37. The second kappa shape index (κ2) is 8.81. The zero-order valence-electron chi connectivity index (χ0n) is 13.7. The van der Waals surface area contributed by atoms with E-state index < -0.39 is 17.6 Å². The summed E-state index contributed by atoms with van der Waals surface area (Å²) in [6, 6.07) is 6.08. The van der Waals surface area contributed by atoms with Crippen molar-refractivity contribution in [2.24, 2.45) is 0 Å². The summed E-state index contributed by atoms with van der Waals surface area (Å²) in [7, 11) is 1.56. The summed E-state index contributed by atoms with van der Waals surface area (Å²) < 4.78 is 44.1. The van der Waals surface area contributed by atoms with Gasteiger partial charge in [-0.05, 0) is 36.8 Å². The van der Waals surface area contributed by atoms with Gasteiger partial charge in [-0.1, -0.05) is 11.6 Å². The second-order valence-corrected chi connectivity index (χ2v) is 5.66. The number of carbonyl (C=O) groups excluding carboxylic acids is 1. The van der Waals surface area contributed by atoms with Gasteiger partial charge < -0.3 is 15.4 Å². The van der Waals surface area contributed by atoms with Gasteiger partial charge in [0.05, 0.1) is 11.3 Å². The van der Waals surface area contributed by atoms with Crippen LogP contribution in [0.25, 0.3) is 0 Å². The Morgan fingerprint density at radius 3 is 2.62 bits per heavy atom. The van der Waals surface area contributed by atoms with Crippen molar-refractivity contribution >= 4 is 29.0 Å². The number of rotatable bonds is 7. The largest absolute Gasteiger partial charge is 0.418 e. The minimum absolute atomic E-state index is 0.0329. The molecule has 2 N–H and O–H groups in total. The van der Waals surface area contributed by atoms with Gasteiger partial charge in [0, 0.05) is 25.3 Å². The number of carbonyl (C=O) groups is 1. The Hall–Kier alpha value is -2.39. The number of aromatic nitrogens is 2. The molecule has 140 valence electrons. The highest BCUT2D eigenvalue weighted by molar-refractivity contribution is 6.30. The molecule has 0 saturated carbocycles. The number of methoxy groups -OCH3 is 1. The lowest BCUT2D eigenvalue weighted by molar-refractivity contribution is -0.136. The molecule has 1 heterocycles. The summed E-state index contributed by atoms with van der Waals surface area (Å²) in [6.07, 6.45) is -3.94. The molecule has 0 saturated heterocycles. The summed E-state index contributed by atoms with van der Waals surface area (Å²) in [5.41, 5.74) is -1.08. The fourth-order valence-corrected chi connectivity index (χ4v) is 2.20. The topological polar surface area (TPSA) is 76.1 Å². The summed E-state index contributed by atoms with van der Waals surface area (Å²) in [6.45, 7) is 0.922. The lowest BCUT2D eigenvalue weighted by atomic mass is 10.1. The molecule has 2 aromatic rings. The molecule has 0 unspecified atom stereocenters. The molecular weight excluding hydrogens is 373 g/mol. The van der Waals surface area contributed by atoms with Gasteiger partial charge >= 0.3 is 6.18 Å². The van der Waals surface area contributed by atoms with Gasteiger partial charge in [0.1, 0.15) is 0 Å². The van der Waals surface area contributed by atoms with E-state index in [1.807, 2.05) is 0 Å². The Morgan fingerprint density at radius 2 is 2.00 bits per heavy atom. The zero-order chi connectivity index (χ0) is 19.2. The van der Waals surface area contributed by atoms with Crippen molar-refractivity contribution in [3.05, 3.63) is 46.6 Å². The molecule has 6 nitrogen and oxygen atoms in total. The van der Waals surface area contributed by atoms with Crippen molar-refractivity contribution in [2.75, 3.05) is 25.6 Å². The molecule has 0 atom stereocenters. The molecule has 0 radical (unpaired) electrons. The predicted octanol–water partition coefficient (Wildman–Crippen LogP) is 3.66. The molecule has 1 aromatic heterocycles. The van der Waals surface area contributed by atoms with Gasteiger partial charge in [-0.2, -0.15) is 13.2 Å². The van der Waals surface area contributed by atoms with Crippen LogP contribution in [0, 0.1) is 0 Å². The van der Waals surface area contributed by atoms with Crippen molar-refractivity contribution in [1.82, 2.24) is 15.5 Å². The van der Waals surface area contributed by atoms with E-state index in [4.69, 9.17) is 16.3 Å². The maximum Gasteiger partial charge on any atom is 0.418 e. The van der Waals surface area contributed by atoms with E-state index in [-0.39, 0.29) is 22.2 Å². The van der Waals surface area contributed by atoms with Crippen molar-refractivity contribution in [3.63, 3.8) is 0 Å². The van der Waals surface area contributed by atoms with E-state index in [0.717, 1.165) is 6.07 Å². The number of nitrogens with zero attached hydrogens (tertiary/aromatic N) is 2. The molecule has 26 heavy (non-hydrogen) atoms. The molecule has 0 bridgehead atoms. The van der Waals surface area contributed by atoms with Crippen molar-refractivity contribution in [3.8, 4) is 0 Å². The van der Waals surface area contributed by atoms with Crippen LogP contribution in [0.3, 0.4) is 0 Å². The van der Waals surface area contributed by atoms with Crippen LogP contribution in [0.5, 0.6) is 0 Å². The number of ether oxygens (including phenoxy) is 1. The van der Waals surface area contributed by atoms with Crippen LogP contribution < -0.4 is 10.6 Å². The lowest BCUT2D eigenvalue weighted by Crippen LogP contribution is -2.26. The predicted molar refractivity (Wildman–Crippen MR) is 90.6 cm³/mol. The average molecular weight is 389 g/mol. The Labute approximate surface area is 152 Å². The first-order valence-electron chi connectivity index (χ1n) is 7.56. The van der Waals surface area contributed by atoms with Gasteiger partial charge in [0.25, 0.3) is 5.91 Å². The number of anilines is 2. The molecule has 0 aliphatic rings. The molecule has 1 aromatic carbocycles. The molecular formula is C16H16ClF3N4O2. The lowest BCUT2D eigenvalue weighted by Gasteiger charge is -2.14. The first-order valence-corrected chi connectivity index (χ1v) is 7.93. The van der Waals surface area contributed by atoms with Gasteiger partial charge in [0.15, 0.2) is 11.5 Å². The minimum atomic E-state index is -4.58. The number of nitrogens with one attached hydrogen (secondary N) is 2. The van der Waals surface area contributed by atoms with Crippen LogP contribution in [0.15, 0.2) is 30.3 Å². The fraction of sp³-hybridized carbons (Fsp3) is 0.312. The van der Waals surface area contributed by atoms with Crippen LogP contribution in [-0.2, 0) is 10.9 Å². The quantitative estimate of drug-likeness (QED) is 0.708. The Bertz CT molecular complexity index is 754. The molecule has 2 rings (SSSR count).